The molecule has 2 atom stereocenters. The minimum absolute atomic E-state index is 0.0987. The van der Waals surface area contributed by atoms with E-state index in [-0.39, 0.29) is 18.0 Å². The van der Waals surface area contributed by atoms with Gasteiger partial charge in [0.15, 0.2) is 0 Å². The zero-order valence-electron chi connectivity index (χ0n) is 12.5. The number of aromatic nitrogens is 2. The molecule has 3 N–H and O–H groups in total. The second-order valence-electron chi connectivity index (χ2n) is 5.72. The third-order valence-corrected chi connectivity index (χ3v) is 3.93. The number of amides is 1. The van der Waals surface area contributed by atoms with Crippen molar-refractivity contribution in [3.63, 3.8) is 0 Å². The zero-order chi connectivity index (χ0) is 14.4. The molecule has 2 unspecified atom stereocenters. The van der Waals surface area contributed by atoms with Crippen LogP contribution in [0, 0.1) is 0 Å². The van der Waals surface area contributed by atoms with E-state index in [0.717, 1.165) is 17.8 Å². The Hall–Kier alpha value is -1.36. The summed E-state index contributed by atoms with van der Waals surface area (Å²) in [6.07, 6.45) is 8.42. The van der Waals surface area contributed by atoms with Crippen LogP contribution in [-0.4, -0.2) is 28.0 Å². The maximum Gasteiger partial charge on any atom is 0.237 e. The summed E-state index contributed by atoms with van der Waals surface area (Å²) in [4.78, 5) is 19.6. The predicted molar refractivity (Wildman–Crippen MR) is 79.3 cm³/mol. The van der Waals surface area contributed by atoms with Gasteiger partial charge in [0.1, 0.15) is 0 Å². The van der Waals surface area contributed by atoms with Gasteiger partial charge < -0.3 is 10.3 Å². The highest BCUT2D eigenvalue weighted by Gasteiger charge is 2.26. The summed E-state index contributed by atoms with van der Waals surface area (Å²) in [7, 11) is 0. The first-order valence-corrected chi connectivity index (χ1v) is 7.75. The summed E-state index contributed by atoms with van der Waals surface area (Å²) in [6.45, 7) is 4.99. The molecule has 2 heterocycles. The lowest BCUT2D eigenvalue weighted by Gasteiger charge is -2.24. The normalized spacial score (nSPS) is 19.4. The molecule has 112 valence electrons. The summed E-state index contributed by atoms with van der Waals surface area (Å²) in [5.41, 5.74) is 2.11. The maximum atomic E-state index is 12.2. The molecule has 0 saturated carbocycles. The number of carbonyl (C=O) groups excluding carboxylic acids is 1. The molecule has 0 aliphatic carbocycles. The predicted octanol–water partition coefficient (Wildman–Crippen LogP) is 1.90. The fraction of sp³-hybridized carbons (Fsp3) is 0.733. The smallest absolute Gasteiger partial charge is 0.237 e. The Balaban J connectivity index is 1.72. The number of rotatable bonds is 7. The molecule has 1 aliphatic rings. The number of hydrogen-bond acceptors (Lipinski definition) is 3. The Kier molecular flexibility index (Phi) is 5.59. The minimum Gasteiger partial charge on any atom is -0.352 e. The van der Waals surface area contributed by atoms with Crippen molar-refractivity contribution < 1.29 is 4.79 Å². The standard InChI is InChI=1S/C15H26N4O/c1-3-4-5-6-7-11(2)19-15(20)13-8-12-14(9-16-13)18-10-17-12/h10-11,13,16H,3-9H2,1-2H3,(H,17,18)(H,19,20). The number of nitrogens with zero attached hydrogens (tertiary/aromatic N) is 1. The summed E-state index contributed by atoms with van der Waals surface area (Å²) in [6, 6.07) is 0.102. The number of unbranched alkanes of at least 4 members (excludes halogenated alkanes) is 3. The molecule has 0 radical (unpaired) electrons. The average molecular weight is 278 g/mol. The monoisotopic (exact) mass is 278 g/mol. The van der Waals surface area contributed by atoms with Gasteiger partial charge in [-0.3, -0.25) is 10.1 Å². The number of H-pyrrole nitrogens is 1. The minimum atomic E-state index is -0.149. The number of fused-ring (bicyclic) bond motifs is 1. The lowest BCUT2D eigenvalue weighted by Crippen LogP contribution is -2.49. The van der Waals surface area contributed by atoms with Crippen molar-refractivity contribution in [2.75, 3.05) is 0 Å². The molecule has 0 aromatic carbocycles. The first kappa shape index (κ1) is 15.0. The molecule has 0 fully saturated rings. The van der Waals surface area contributed by atoms with E-state index < -0.39 is 0 Å². The number of imidazole rings is 1. The van der Waals surface area contributed by atoms with Crippen LogP contribution < -0.4 is 10.6 Å². The van der Waals surface area contributed by atoms with Crippen LogP contribution >= 0.6 is 0 Å². The molecule has 5 heteroatoms. The van der Waals surface area contributed by atoms with Crippen molar-refractivity contribution in [3.8, 4) is 0 Å². The summed E-state index contributed by atoms with van der Waals surface area (Å²) in [5, 5.41) is 6.37. The number of carbonyl (C=O) groups is 1. The first-order chi connectivity index (χ1) is 9.70. The van der Waals surface area contributed by atoms with Gasteiger partial charge >= 0.3 is 0 Å². The van der Waals surface area contributed by atoms with E-state index in [4.69, 9.17) is 0 Å². The van der Waals surface area contributed by atoms with Crippen molar-refractivity contribution >= 4 is 5.91 Å². The Labute approximate surface area is 120 Å². The van der Waals surface area contributed by atoms with Gasteiger partial charge in [0.2, 0.25) is 5.91 Å². The molecule has 0 bridgehead atoms. The van der Waals surface area contributed by atoms with E-state index in [1.165, 1.54) is 25.7 Å². The summed E-state index contributed by atoms with van der Waals surface area (Å²) in [5.74, 6) is 0.0987. The van der Waals surface area contributed by atoms with Gasteiger partial charge in [-0.15, -0.1) is 0 Å². The second-order valence-corrected chi connectivity index (χ2v) is 5.72. The first-order valence-electron chi connectivity index (χ1n) is 7.75. The molecule has 20 heavy (non-hydrogen) atoms. The largest absolute Gasteiger partial charge is 0.352 e. The van der Waals surface area contributed by atoms with Crippen molar-refractivity contribution in [3.05, 3.63) is 17.7 Å². The van der Waals surface area contributed by atoms with Gasteiger partial charge in [0.25, 0.3) is 0 Å². The van der Waals surface area contributed by atoms with Crippen molar-refractivity contribution in [2.45, 2.75) is 71.0 Å². The number of aromatic amines is 1. The average Bonchev–Trinajstić information content (AvgIpc) is 2.90. The highest BCUT2D eigenvalue weighted by Crippen LogP contribution is 2.12. The van der Waals surface area contributed by atoms with Crippen LogP contribution in [0.15, 0.2) is 6.33 Å². The zero-order valence-corrected chi connectivity index (χ0v) is 12.5. The lowest BCUT2D eigenvalue weighted by atomic mass is 10.0. The topological polar surface area (TPSA) is 69.8 Å². The van der Waals surface area contributed by atoms with Crippen LogP contribution in [0.4, 0.5) is 0 Å². The van der Waals surface area contributed by atoms with Gasteiger partial charge in [-0.1, -0.05) is 32.6 Å². The molecule has 0 saturated heterocycles. The van der Waals surface area contributed by atoms with E-state index in [2.05, 4.69) is 34.4 Å². The van der Waals surface area contributed by atoms with Gasteiger partial charge in [0.05, 0.1) is 23.8 Å². The van der Waals surface area contributed by atoms with Crippen molar-refractivity contribution in [1.29, 1.82) is 0 Å². The second kappa shape index (κ2) is 7.43. The van der Waals surface area contributed by atoms with E-state index in [0.29, 0.717) is 13.0 Å². The number of nitrogens with one attached hydrogen (secondary N) is 3. The highest BCUT2D eigenvalue weighted by molar-refractivity contribution is 5.82. The van der Waals surface area contributed by atoms with E-state index >= 15 is 0 Å². The quantitative estimate of drug-likeness (QED) is 0.667. The van der Waals surface area contributed by atoms with Crippen LogP contribution in [0.1, 0.15) is 57.3 Å². The molecule has 0 spiro atoms. The molecule has 1 aromatic heterocycles. The van der Waals surface area contributed by atoms with E-state index in [9.17, 15) is 4.79 Å². The van der Waals surface area contributed by atoms with Crippen LogP contribution in [-0.2, 0) is 17.8 Å². The molecule has 2 rings (SSSR count). The molecular weight excluding hydrogens is 252 g/mol. The maximum absolute atomic E-state index is 12.2. The molecule has 5 nitrogen and oxygen atoms in total. The lowest BCUT2D eigenvalue weighted by molar-refractivity contribution is -0.124. The van der Waals surface area contributed by atoms with E-state index in [1.54, 1.807) is 6.33 Å². The van der Waals surface area contributed by atoms with Crippen LogP contribution in [0.5, 0.6) is 0 Å². The van der Waals surface area contributed by atoms with Gasteiger partial charge in [-0.2, -0.15) is 0 Å². The third kappa shape index (κ3) is 4.07. The molecule has 1 amide bonds. The molecular formula is C15H26N4O. The van der Waals surface area contributed by atoms with E-state index in [1.807, 2.05) is 0 Å². The van der Waals surface area contributed by atoms with Crippen LogP contribution in [0.25, 0.3) is 0 Å². The summed E-state index contributed by atoms with van der Waals surface area (Å²) < 4.78 is 0. The summed E-state index contributed by atoms with van der Waals surface area (Å²) >= 11 is 0. The highest BCUT2D eigenvalue weighted by atomic mass is 16.2. The Morgan fingerprint density at radius 1 is 1.50 bits per heavy atom. The van der Waals surface area contributed by atoms with Crippen molar-refractivity contribution in [2.24, 2.45) is 0 Å². The van der Waals surface area contributed by atoms with Crippen molar-refractivity contribution in [1.82, 2.24) is 20.6 Å². The SMILES string of the molecule is CCCCCCC(C)NC(=O)C1Cc2nc[nH]c2CN1. The Bertz CT molecular complexity index is 429. The van der Waals surface area contributed by atoms with Crippen LogP contribution in [0.3, 0.4) is 0 Å². The Morgan fingerprint density at radius 2 is 2.35 bits per heavy atom. The molecule has 1 aromatic rings. The fourth-order valence-corrected chi connectivity index (χ4v) is 2.65. The fourth-order valence-electron chi connectivity index (χ4n) is 2.65. The number of hydrogen-bond donors (Lipinski definition) is 3. The third-order valence-electron chi connectivity index (χ3n) is 3.93. The van der Waals surface area contributed by atoms with Gasteiger partial charge in [0, 0.05) is 19.0 Å². The molecule has 1 aliphatic heterocycles. The Morgan fingerprint density at radius 3 is 3.15 bits per heavy atom. The van der Waals surface area contributed by atoms with Gasteiger partial charge in [-0.25, -0.2) is 4.98 Å². The van der Waals surface area contributed by atoms with Crippen LogP contribution in [0.2, 0.25) is 0 Å². The van der Waals surface area contributed by atoms with Gasteiger partial charge in [-0.05, 0) is 13.3 Å².